The molecule has 1 aliphatic rings. The minimum Gasteiger partial charge on any atom is -0.327 e. The lowest BCUT2D eigenvalue weighted by molar-refractivity contribution is 0.260. The van der Waals surface area contributed by atoms with Crippen LogP contribution in [-0.4, -0.2) is 25.0 Å². The van der Waals surface area contributed by atoms with E-state index < -0.39 is 9.84 Å². The zero-order chi connectivity index (χ0) is 13.2. The summed E-state index contributed by atoms with van der Waals surface area (Å²) in [6.07, 6.45) is 3.36. The molecule has 0 bridgehead atoms. The third kappa shape index (κ3) is 3.22. The quantitative estimate of drug-likeness (QED) is 0.845. The van der Waals surface area contributed by atoms with Crippen LogP contribution in [0.25, 0.3) is 0 Å². The van der Waals surface area contributed by atoms with Crippen molar-refractivity contribution in [3.05, 3.63) is 0 Å². The highest BCUT2D eigenvalue weighted by atomic mass is 32.2. The van der Waals surface area contributed by atoms with E-state index in [1.807, 2.05) is 6.92 Å². The maximum absolute atomic E-state index is 12.4. The van der Waals surface area contributed by atoms with Crippen LogP contribution in [0.1, 0.15) is 53.4 Å². The average Bonchev–Trinajstić information content (AvgIpc) is 2.27. The highest BCUT2D eigenvalue weighted by Crippen LogP contribution is 2.34. The van der Waals surface area contributed by atoms with Gasteiger partial charge in [0.2, 0.25) is 0 Å². The van der Waals surface area contributed by atoms with E-state index in [0.717, 1.165) is 19.3 Å². The molecule has 2 N–H and O–H groups in total. The molecule has 17 heavy (non-hydrogen) atoms. The molecule has 4 heteroatoms. The smallest absolute Gasteiger partial charge is 0.157 e. The predicted molar refractivity (Wildman–Crippen MR) is 72.6 cm³/mol. The average molecular weight is 261 g/mol. The lowest BCUT2D eigenvalue weighted by Crippen LogP contribution is -2.48. The molecule has 3 nitrogen and oxygen atoms in total. The van der Waals surface area contributed by atoms with Crippen molar-refractivity contribution < 1.29 is 8.42 Å². The Morgan fingerprint density at radius 2 is 1.82 bits per heavy atom. The minimum absolute atomic E-state index is 0.163. The van der Waals surface area contributed by atoms with Gasteiger partial charge in [0, 0.05) is 6.04 Å². The zero-order valence-corrected chi connectivity index (χ0v) is 12.3. The number of hydrogen-bond acceptors (Lipinski definition) is 3. The fourth-order valence-corrected chi connectivity index (χ4v) is 4.90. The van der Waals surface area contributed by atoms with E-state index in [0.29, 0.717) is 18.3 Å². The van der Waals surface area contributed by atoms with Gasteiger partial charge in [0.25, 0.3) is 0 Å². The van der Waals surface area contributed by atoms with E-state index in [2.05, 4.69) is 13.8 Å². The van der Waals surface area contributed by atoms with Gasteiger partial charge >= 0.3 is 0 Å². The van der Waals surface area contributed by atoms with Crippen molar-refractivity contribution in [2.24, 2.45) is 17.6 Å². The molecular weight excluding hydrogens is 234 g/mol. The van der Waals surface area contributed by atoms with Crippen LogP contribution in [0.3, 0.4) is 0 Å². The summed E-state index contributed by atoms with van der Waals surface area (Å²) in [6, 6.07) is -0.163. The van der Waals surface area contributed by atoms with Crippen LogP contribution in [-0.2, 0) is 9.84 Å². The zero-order valence-electron chi connectivity index (χ0n) is 11.5. The number of sulfone groups is 1. The van der Waals surface area contributed by atoms with E-state index >= 15 is 0 Å². The SMILES string of the molecule is CCC(C)S(=O)(=O)C1CC(C(C)C)CCC1N. The second-order valence-corrected chi connectivity index (χ2v) is 8.42. The van der Waals surface area contributed by atoms with Crippen LogP contribution in [0.4, 0.5) is 0 Å². The summed E-state index contributed by atoms with van der Waals surface area (Å²) in [6.45, 7) is 8.08. The van der Waals surface area contributed by atoms with E-state index in [-0.39, 0.29) is 16.5 Å². The van der Waals surface area contributed by atoms with Crippen molar-refractivity contribution >= 4 is 9.84 Å². The molecule has 0 aromatic rings. The van der Waals surface area contributed by atoms with Crippen molar-refractivity contribution in [2.45, 2.75) is 69.9 Å². The Labute approximate surface area is 106 Å². The summed E-state index contributed by atoms with van der Waals surface area (Å²) in [4.78, 5) is 0. The summed E-state index contributed by atoms with van der Waals surface area (Å²) >= 11 is 0. The summed E-state index contributed by atoms with van der Waals surface area (Å²) in [5.41, 5.74) is 6.04. The Morgan fingerprint density at radius 3 is 2.29 bits per heavy atom. The van der Waals surface area contributed by atoms with Gasteiger partial charge in [-0.15, -0.1) is 0 Å². The van der Waals surface area contributed by atoms with Crippen molar-refractivity contribution in [2.75, 3.05) is 0 Å². The minimum atomic E-state index is -3.05. The van der Waals surface area contributed by atoms with Crippen LogP contribution >= 0.6 is 0 Å². The molecule has 0 aromatic heterocycles. The highest BCUT2D eigenvalue weighted by Gasteiger charge is 2.39. The number of rotatable bonds is 4. The van der Waals surface area contributed by atoms with Crippen LogP contribution in [0.15, 0.2) is 0 Å². The third-order valence-electron chi connectivity index (χ3n) is 4.38. The molecule has 102 valence electrons. The maximum Gasteiger partial charge on any atom is 0.157 e. The molecule has 1 fully saturated rings. The van der Waals surface area contributed by atoms with Gasteiger partial charge in [-0.2, -0.15) is 0 Å². The first-order valence-electron chi connectivity index (χ1n) is 6.79. The van der Waals surface area contributed by atoms with Crippen molar-refractivity contribution in [3.8, 4) is 0 Å². The Morgan fingerprint density at radius 1 is 1.24 bits per heavy atom. The molecule has 4 unspecified atom stereocenters. The summed E-state index contributed by atoms with van der Waals surface area (Å²) in [7, 11) is -3.05. The van der Waals surface area contributed by atoms with E-state index in [4.69, 9.17) is 5.73 Å². The van der Waals surface area contributed by atoms with Crippen molar-refractivity contribution in [3.63, 3.8) is 0 Å². The van der Waals surface area contributed by atoms with Crippen molar-refractivity contribution in [1.82, 2.24) is 0 Å². The van der Waals surface area contributed by atoms with Gasteiger partial charge in [0.1, 0.15) is 0 Å². The molecule has 0 spiro atoms. The largest absolute Gasteiger partial charge is 0.327 e. The Balaban J connectivity index is 2.87. The summed E-state index contributed by atoms with van der Waals surface area (Å²) in [5, 5.41) is -0.580. The summed E-state index contributed by atoms with van der Waals surface area (Å²) < 4.78 is 24.8. The lowest BCUT2D eigenvalue weighted by atomic mass is 9.79. The third-order valence-corrected chi connectivity index (χ3v) is 7.22. The standard InChI is InChI=1S/C13H27NO2S/c1-5-10(4)17(15,16)13-8-11(9(2)3)6-7-12(13)14/h9-13H,5-8,14H2,1-4H3. The first kappa shape index (κ1) is 15.0. The fourth-order valence-electron chi connectivity index (χ4n) is 2.70. The molecule has 1 saturated carbocycles. The van der Waals surface area contributed by atoms with Gasteiger partial charge in [-0.3, -0.25) is 0 Å². The van der Waals surface area contributed by atoms with E-state index in [9.17, 15) is 8.42 Å². The second kappa shape index (κ2) is 5.70. The molecule has 0 aliphatic heterocycles. The van der Waals surface area contributed by atoms with Gasteiger partial charge in [-0.1, -0.05) is 20.8 Å². The Kier molecular flexibility index (Phi) is 5.02. The normalized spacial score (nSPS) is 32.7. The van der Waals surface area contributed by atoms with Crippen LogP contribution in [0, 0.1) is 11.8 Å². The molecule has 1 rings (SSSR count). The molecule has 4 atom stereocenters. The number of hydrogen-bond donors (Lipinski definition) is 1. The lowest BCUT2D eigenvalue weighted by Gasteiger charge is -2.36. The molecule has 0 saturated heterocycles. The maximum atomic E-state index is 12.4. The van der Waals surface area contributed by atoms with Gasteiger partial charge < -0.3 is 5.73 Å². The predicted octanol–water partition coefficient (Wildman–Crippen LogP) is 2.35. The van der Waals surface area contributed by atoms with E-state index in [1.165, 1.54) is 0 Å². The van der Waals surface area contributed by atoms with Gasteiger partial charge in [-0.05, 0) is 44.4 Å². The molecule has 0 amide bonds. The highest BCUT2D eigenvalue weighted by molar-refractivity contribution is 7.92. The second-order valence-electron chi connectivity index (χ2n) is 5.83. The molecule has 0 radical (unpaired) electrons. The first-order valence-corrected chi connectivity index (χ1v) is 8.39. The molecular formula is C13H27NO2S. The molecule has 0 heterocycles. The van der Waals surface area contributed by atoms with Crippen LogP contribution in [0.2, 0.25) is 0 Å². The monoisotopic (exact) mass is 261 g/mol. The van der Waals surface area contributed by atoms with Gasteiger partial charge in [-0.25, -0.2) is 8.42 Å². The first-order chi connectivity index (χ1) is 7.80. The summed E-state index contributed by atoms with van der Waals surface area (Å²) in [5.74, 6) is 1.07. The Bertz CT molecular complexity index is 337. The molecule has 0 aromatic carbocycles. The van der Waals surface area contributed by atoms with Gasteiger partial charge in [0.15, 0.2) is 9.84 Å². The topological polar surface area (TPSA) is 60.2 Å². The van der Waals surface area contributed by atoms with Crippen LogP contribution in [0.5, 0.6) is 0 Å². The fraction of sp³-hybridized carbons (Fsp3) is 1.00. The molecule has 1 aliphatic carbocycles. The Hall–Kier alpha value is -0.0900. The van der Waals surface area contributed by atoms with E-state index in [1.54, 1.807) is 6.92 Å². The number of nitrogens with two attached hydrogens (primary N) is 1. The van der Waals surface area contributed by atoms with Gasteiger partial charge in [0.05, 0.1) is 10.5 Å². The van der Waals surface area contributed by atoms with Crippen molar-refractivity contribution in [1.29, 1.82) is 0 Å². The van der Waals surface area contributed by atoms with Crippen LogP contribution < -0.4 is 5.73 Å².